The van der Waals surface area contributed by atoms with E-state index in [2.05, 4.69) is 68.2 Å². The molecular formula is C20H30IN5. The summed E-state index contributed by atoms with van der Waals surface area (Å²) in [4.78, 5) is 11.1. The van der Waals surface area contributed by atoms with Gasteiger partial charge < -0.3 is 14.8 Å². The number of halogens is 1. The molecule has 1 N–H and O–H groups in total. The van der Waals surface area contributed by atoms with Gasteiger partial charge in [-0.15, -0.1) is 24.0 Å². The van der Waals surface area contributed by atoms with Crippen molar-refractivity contribution in [3.8, 4) is 0 Å². The van der Waals surface area contributed by atoms with E-state index in [0.29, 0.717) is 12.0 Å². The Morgan fingerprint density at radius 2 is 2.12 bits per heavy atom. The average Bonchev–Trinajstić information content (AvgIpc) is 3.18. The van der Waals surface area contributed by atoms with E-state index in [9.17, 15) is 0 Å². The number of piperidine rings is 1. The Morgan fingerprint density at radius 1 is 1.31 bits per heavy atom. The number of guanidine groups is 1. The smallest absolute Gasteiger partial charge is 0.193 e. The maximum absolute atomic E-state index is 4.50. The van der Waals surface area contributed by atoms with Gasteiger partial charge in [0, 0.05) is 39.1 Å². The maximum Gasteiger partial charge on any atom is 0.193 e. The molecule has 26 heavy (non-hydrogen) atoms. The minimum absolute atomic E-state index is 0. The first-order valence-electron chi connectivity index (χ1n) is 9.25. The van der Waals surface area contributed by atoms with Gasteiger partial charge in [0.2, 0.25) is 0 Å². The Morgan fingerprint density at radius 3 is 2.81 bits per heavy atom. The number of hydrogen-bond acceptors (Lipinski definition) is 2. The fourth-order valence-electron chi connectivity index (χ4n) is 3.56. The molecule has 0 amide bonds. The third-order valence-corrected chi connectivity index (χ3v) is 5.11. The summed E-state index contributed by atoms with van der Waals surface area (Å²) in [6.07, 6.45) is 9.25. The van der Waals surface area contributed by atoms with E-state index in [1.54, 1.807) is 0 Å². The zero-order valence-corrected chi connectivity index (χ0v) is 18.0. The van der Waals surface area contributed by atoms with Crippen LogP contribution >= 0.6 is 24.0 Å². The zero-order chi connectivity index (χ0) is 17.5. The lowest BCUT2D eigenvalue weighted by atomic mass is 9.93. The van der Waals surface area contributed by atoms with E-state index in [0.717, 1.165) is 38.4 Å². The third-order valence-electron chi connectivity index (χ3n) is 5.11. The molecular weight excluding hydrogens is 437 g/mol. The summed E-state index contributed by atoms with van der Waals surface area (Å²) < 4.78 is 2.24. The second-order valence-corrected chi connectivity index (χ2v) is 6.85. The third kappa shape index (κ3) is 5.46. The number of aromatic nitrogens is 2. The molecule has 0 spiro atoms. The number of nitrogens with zero attached hydrogens (tertiary/aromatic N) is 4. The number of aliphatic imine (C=N–C) groups is 1. The number of hydrogen-bond donors (Lipinski definition) is 1. The minimum Gasteiger partial charge on any atom is -0.356 e. The molecule has 1 fully saturated rings. The van der Waals surface area contributed by atoms with Crippen LogP contribution in [-0.4, -0.2) is 47.1 Å². The van der Waals surface area contributed by atoms with Crippen LogP contribution in [0.1, 0.15) is 31.4 Å². The molecule has 2 unspecified atom stereocenters. The van der Waals surface area contributed by atoms with E-state index in [1.165, 1.54) is 12.0 Å². The van der Waals surface area contributed by atoms with Crippen LogP contribution in [0.4, 0.5) is 0 Å². The van der Waals surface area contributed by atoms with Crippen molar-refractivity contribution in [1.29, 1.82) is 0 Å². The number of imidazole rings is 1. The zero-order valence-electron chi connectivity index (χ0n) is 15.7. The summed E-state index contributed by atoms with van der Waals surface area (Å²) in [6.45, 7) is 5.32. The second-order valence-electron chi connectivity index (χ2n) is 6.85. The van der Waals surface area contributed by atoms with E-state index in [1.807, 2.05) is 19.6 Å². The Hall–Kier alpha value is -1.57. The topological polar surface area (TPSA) is 45.5 Å². The lowest BCUT2D eigenvalue weighted by molar-refractivity contribution is 0.189. The highest BCUT2D eigenvalue weighted by atomic mass is 127. The summed E-state index contributed by atoms with van der Waals surface area (Å²) in [5.41, 5.74) is 1.39. The molecule has 2 aromatic rings. The van der Waals surface area contributed by atoms with Gasteiger partial charge in [-0.05, 0) is 30.7 Å². The van der Waals surface area contributed by atoms with Crippen LogP contribution in [0.25, 0.3) is 0 Å². The highest BCUT2D eigenvalue weighted by molar-refractivity contribution is 14.0. The lowest BCUT2D eigenvalue weighted by Gasteiger charge is -2.39. The molecule has 0 saturated carbocycles. The Labute approximate surface area is 173 Å². The fourth-order valence-corrected chi connectivity index (χ4v) is 3.56. The first-order chi connectivity index (χ1) is 12.3. The largest absolute Gasteiger partial charge is 0.356 e. The van der Waals surface area contributed by atoms with Gasteiger partial charge in [0.25, 0.3) is 0 Å². The van der Waals surface area contributed by atoms with Crippen molar-refractivity contribution >= 4 is 29.9 Å². The van der Waals surface area contributed by atoms with Gasteiger partial charge in [0.1, 0.15) is 0 Å². The average molecular weight is 467 g/mol. The van der Waals surface area contributed by atoms with Crippen molar-refractivity contribution in [2.45, 2.75) is 32.2 Å². The molecule has 142 valence electrons. The first kappa shape index (κ1) is 20.7. The first-order valence-corrected chi connectivity index (χ1v) is 9.25. The number of rotatable bonds is 5. The van der Waals surface area contributed by atoms with Gasteiger partial charge in [-0.2, -0.15) is 0 Å². The molecule has 1 aromatic carbocycles. The Kier molecular flexibility index (Phi) is 8.41. The Bertz CT molecular complexity index is 656. The molecule has 6 heteroatoms. The van der Waals surface area contributed by atoms with Gasteiger partial charge in [-0.3, -0.25) is 4.99 Å². The molecule has 1 saturated heterocycles. The van der Waals surface area contributed by atoms with Crippen LogP contribution in [0.15, 0.2) is 54.0 Å². The molecule has 0 radical (unpaired) electrons. The van der Waals surface area contributed by atoms with Crippen molar-refractivity contribution in [2.75, 3.05) is 26.7 Å². The molecule has 2 heterocycles. The molecule has 2 atom stereocenters. The van der Waals surface area contributed by atoms with Gasteiger partial charge >= 0.3 is 0 Å². The molecule has 0 aliphatic carbocycles. The van der Waals surface area contributed by atoms with E-state index >= 15 is 0 Å². The van der Waals surface area contributed by atoms with Crippen molar-refractivity contribution in [3.63, 3.8) is 0 Å². The molecule has 5 nitrogen and oxygen atoms in total. The van der Waals surface area contributed by atoms with Gasteiger partial charge in [-0.25, -0.2) is 4.98 Å². The maximum atomic E-state index is 4.50. The van der Waals surface area contributed by atoms with Crippen LogP contribution in [0.5, 0.6) is 0 Å². The fraction of sp³-hybridized carbons (Fsp3) is 0.500. The standard InChI is InChI=1S/C20H29N5.HI/c1-17-10-13-24(15-19(17)25-14-12-22-16-25)20(21-2)23-11-6-9-18-7-4-3-5-8-18;/h3-5,7-8,12,14,16-17,19H,6,9-11,13,15H2,1-2H3,(H,21,23);1H. The normalized spacial score (nSPS) is 20.5. The van der Waals surface area contributed by atoms with Crippen molar-refractivity contribution in [2.24, 2.45) is 10.9 Å². The van der Waals surface area contributed by atoms with Gasteiger partial charge in [0.05, 0.1) is 12.4 Å². The summed E-state index contributed by atoms with van der Waals surface area (Å²) in [5.74, 6) is 1.67. The van der Waals surface area contributed by atoms with E-state index < -0.39 is 0 Å². The highest BCUT2D eigenvalue weighted by Gasteiger charge is 2.28. The monoisotopic (exact) mass is 467 g/mol. The van der Waals surface area contributed by atoms with Crippen LogP contribution < -0.4 is 5.32 Å². The number of likely N-dealkylation sites (tertiary alicyclic amines) is 1. The summed E-state index contributed by atoms with van der Waals surface area (Å²) in [7, 11) is 1.88. The molecule has 1 aliphatic heterocycles. The quantitative estimate of drug-likeness (QED) is 0.317. The minimum atomic E-state index is 0. The van der Waals surface area contributed by atoms with Crippen molar-refractivity contribution in [3.05, 3.63) is 54.6 Å². The van der Waals surface area contributed by atoms with E-state index in [-0.39, 0.29) is 24.0 Å². The highest BCUT2D eigenvalue weighted by Crippen LogP contribution is 2.27. The van der Waals surface area contributed by atoms with Crippen molar-refractivity contribution < 1.29 is 0 Å². The lowest BCUT2D eigenvalue weighted by Crippen LogP contribution is -2.49. The van der Waals surface area contributed by atoms with Crippen LogP contribution in [0.3, 0.4) is 0 Å². The number of aryl methyl sites for hydroxylation is 1. The van der Waals surface area contributed by atoms with E-state index in [4.69, 9.17) is 0 Å². The van der Waals surface area contributed by atoms with Gasteiger partial charge in [0.15, 0.2) is 5.96 Å². The van der Waals surface area contributed by atoms with Crippen LogP contribution in [0.2, 0.25) is 0 Å². The van der Waals surface area contributed by atoms with Crippen LogP contribution in [-0.2, 0) is 6.42 Å². The summed E-state index contributed by atoms with van der Waals surface area (Å²) in [5, 5.41) is 3.54. The molecule has 3 rings (SSSR count). The number of benzene rings is 1. The molecule has 1 aromatic heterocycles. The predicted molar refractivity (Wildman–Crippen MR) is 118 cm³/mol. The SMILES string of the molecule is CN=C(NCCCc1ccccc1)N1CCC(C)C(n2ccnc2)C1.I. The summed E-state index contributed by atoms with van der Waals surface area (Å²) >= 11 is 0. The predicted octanol–water partition coefficient (Wildman–Crippen LogP) is 3.59. The number of nitrogens with one attached hydrogen (secondary N) is 1. The summed E-state index contributed by atoms with van der Waals surface area (Å²) in [6, 6.07) is 11.1. The Balaban J connectivity index is 0.00000243. The second kappa shape index (κ2) is 10.5. The molecule has 0 bridgehead atoms. The van der Waals surface area contributed by atoms with Crippen molar-refractivity contribution in [1.82, 2.24) is 19.8 Å². The molecule has 1 aliphatic rings. The van der Waals surface area contributed by atoms with Crippen LogP contribution in [0, 0.1) is 5.92 Å². The van der Waals surface area contributed by atoms with Gasteiger partial charge in [-0.1, -0.05) is 37.3 Å².